The first-order chi connectivity index (χ1) is 8.00. The van der Waals surface area contributed by atoms with Crippen molar-refractivity contribution in [1.29, 1.82) is 0 Å². The molecule has 0 bridgehead atoms. The number of hydrogen-bond donors (Lipinski definition) is 0. The zero-order valence-corrected chi connectivity index (χ0v) is 25.8. The molecule has 0 amide bonds. The fraction of sp³-hybridized carbons (Fsp3) is 0. The van der Waals surface area contributed by atoms with Gasteiger partial charge in [-0.2, -0.15) is 31.3 Å². The first-order valence-corrected chi connectivity index (χ1v) is 8.76. The molecule has 136 valence electrons. The molecule has 0 aromatic carbocycles. The molecule has 2 N–H and O–H groups in total. The minimum absolute atomic E-state index is 0. The minimum atomic E-state index is -5.39. The van der Waals surface area contributed by atoms with E-state index in [1.807, 2.05) is 0 Å². The minimum Gasteiger partial charge on any atom is -0.822 e. The Labute approximate surface area is 192 Å². The van der Waals surface area contributed by atoms with Crippen LogP contribution in [0, 0.1) is 0 Å². The monoisotopic (exact) mass is 688 g/mol. The van der Waals surface area contributed by atoms with Gasteiger partial charge in [-0.05, 0) is 0 Å². The van der Waals surface area contributed by atoms with E-state index in [4.69, 9.17) is 77.0 Å². The molecule has 0 radical (unpaired) electrons. The molecule has 0 aliphatic rings. The van der Waals surface area contributed by atoms with Crippen molar-refractivity contribution >= 4 is 31.3 Å². The van der Waals surface area contributed by atoms with Crippen LogP contribution < -0.4 is 58.7 Å². The van der Waals surface area contributed by atoms with Gasteiger partial charge in [0.2, 0.25) is 0 Å². The smallest absolute Gasteiger partial charge is 0.822 e. The summed E-state index contributed by atoms with van der Waals surface area (Å²) in [4.78, 5) is 103. The third-order valence-electron chi connectivity index (χ3n) is 0. The third kappa shape index (κ3) is 1920. The molecule has 0 atom stereocenters. The van der Waals surface area contributed by atoms with Crippen LogP contribution in [0.5, 0.6) is 0 Å². The molecule has 25 heteroatoms. The summed E-state index contributed by atoms with van der Waals surface area (Å²) in [5.41, 5.74) is 0. The summed E-state index contributed by atoms with van der Waals surface area (Å²) < 4.78 is 34.2. The number of rotatable bonds is 0. The van der Waals surface area contributed by atoms with Gasteiger partial charge in [-0.1, -0.05) is 0 Å². The maximum atomic E-state index is 8.55. The van der Waals surface area contributed by atoms with Crippen molar-refractivity contribution in [3.8, 4) is 0 Å². The molecule has 25 heavy (non-hydrogen) atoms. The summed E-state index contributed by atoms with van der Waals surface area (Å²) in [6.45, 7) is 0. The average Bonchev–Trinajstić information content (AvgIpc) is 1.62. The molecule has 0 rings (SSSR count). The Balaban J connectivity index is -0.0000000183. The van der Waals surface area contributed by atoms with E-state index in [9.17, 15) is 0 Å². The molecular weight excluding hydrogens is 688 g/mol. The molecule has 0 spiro atoms. The Bertz CT molecular complexity index is 299. The zero-order chi connectivity index (χ0) is 18.0. The topological polar surface area (TPSA) is 376 Å². The summed E-state index contributed by atoms with van der Waals surface area (Å²) in [5, 5.41) is 0. The van der Waals surface area contributed by atoms with E-state index in [-0.39, 0.29) is 85.0 Å². The molecule has 0 aromatic heterocycles. The van der Waals surface area contributed by atoms with Crippen molar-refractivity contribution in [2.75, 3.05) is 0 Å². The summed E-state index contributed by atoms with van der Waals surface area (Å²) in [6.07, 6.45) is 0. The molecular formula is H2MoO17P4Zn3. The summed E-state index contributed by atoms with van der Waals surface area (Å²) >= 11 is 0. The Morgan fingerprint density at radius 2 is 0.360 bits per heavy atom. The van der Waals surface area contributed by atoms with Crippen LogP contribution in [0.3, 0.4) is 0 Å². The SMILES string of the molecule is O.O=P([O-])([O-])[O-].O=P([O-])([O-])[O-].O=P([O-])([O-])[O-].O=P([O-])([O-])[O-].[Mo+6].[Zn+2].[Zn+2].[Zn+2]. The molecule has 0 unspecified atom stereocenters. The Morgan fingerprint density at radius 1 is 0.360 bits per heavy atom. The summed E-state index contributed by atoms with van der Waals surface area (Å²) in [7, 11) is -21.6. The van der Waals surface area contributed by atoms with E-state index in [2.05, 4.69) is 0 Å². The maximum absolute atomic E-state index is 8.55. The maximum Gasteiger partial charge on any atom is 6.00 e. The Morgan fingerprint density at radius 3 is 0.360 bits per heavy atom. The second-order valence-corrected chi connectivity index (χ2v) is 5.37. The van der Waals surface area contributed by atoms with Gasteiger partial charge in [-0.25, -0.2) is 0 Å². The van der Waals surface area contributed by atoms with Crippen molar-refractivity contribution in [2.45, 2.75) is 0 Å². The largest absolute Gasteiger partial charge is 6.00 e. The van der Waals surface area contributed by atoms with Crippen LogP contribution in [-0.4, -0.2) is 5.48 Å². The van der Waals surface area contributed by atoms with Gasteiger partial charge in [0.05, 0.1) is 0 Å². The molecule has 0 aliphatic heterocycles. The molecule has 0 aromatic rings. The zero-order valence-electron chi connectivity index (χ0n) is 11.4. The van der Waals surface area contributed by atoms with Crippen molar-refractivity contribution in [1.82, 2.24) is 0 Å². The van der Waals surface area contributed by atoms with Gasteiger partial charge < -0.3 is 82.5 Å². The van der Waals surface area contributed by atoms with Crippen LogP contribution in [0.2, 0.25) is 0 Å². The fourth-order valence-corrected chi connectivity index (χ4v) is 0. The summed E-state index contributed by atoms with van der Waals surface area (Å²) in [5.74, 6) is 0. The van der Waals surface area contributed by atoms with Gasteiger partial charge in [-0.15, -0.1) is 0 Å². The van der Waals surface area contributed by atoms with E-state index >= 15 is 0 Å². The van der Waals surface area contributed by atoms with E-state index in [0.29, 0.717) is 0 Å². The Kier molecular flexibility index (Phi) is 56.5. The van der Waals surface area contributed by atoms with Crippen molar-refractivity contribution in [3.05, 3.63) is 0 Å². The van der Waals surface area contributed by atoms with Crippen molar-refractivity contribution < 1.29 is 162 Å². The first kappa shape index (κ1) is 56.5. The van der Waals surface area contributed by atoms with E-state index in [1.165, 1.54) is 0 Å². The van der Waals surface area contributed by atoms with Crippen LogP contribution in [0.4, 0.5) is 0 Å². The van der Waals surface area contributed by atoms with Gasteiger partial charge in [0.25, 0.3) is 0 Å². The summed E-state index contributed by atoms with van der Waals surface area (Å²) in [6, 6.07) is 0. The first-order valence-electron chi connectivity index (χ1n) is 2.92. The molecule has 0 saturated heterocycles. The van der Waals surface area contributed by atoms with E-state index in [0.717, 1.165) is 0 Å². The van der Waals surface area contributed by atoms with Crippen LogP contribution in [0.25, 0.3) is 0 Å². The normalized spacial score (nSPS) is 9.44. The van der Waals surface area contributed by atoms with Gasteiger partial charge >= 0.3 is 79.5 Å². The molecule has 0 aliphatic carbocycles. The molecule has 0 fully saturated rings. The predicted octanol–water partition coefficient (Wildman–Crippen LogP) is -12.1. The Hall–Kier alpha value is 2.96. The second-order valence-electron chi connectivity index (χ2n) is 1.79. The molecule has 17 nitrogen and oxygen atoms in total. The molecule has 0 heterocycles. The average molecular weight is 690 g/mol. The van der Waals surface area contributed by atoms with Crippen LogP contribution in [0.15, 0.2) is 0 Å². The van der Waals surface area contributed by atoms with Gasteiger partial charge in [0.15, 0.2) is 0 Å². The van der Waals surface area contributed by atoms with E-state index in [1.54, 1.807) is 0 Å². The molecule has 0 saturated carbocycles. The number of phosphoric acid groups is 4. The second kappa shape index (κ2) is 25.0. The van der Waals surface area contributed by atoms with Gasteiger partial charge in [-0.3, -0.25) is 0 Å². The van der Waals surface area contributed by atoms with Crippen LogP contribution in [-0.2, 0) is 97.8 Å². The van der Waals surface area contributed by atoms with E-state index < -0.39 is 31.3 Å². The van der Waals surface area contributed by atoms with Crippen LogP contribution >= 0.6 is 31.3 Å². The van der Waals surface area contributed by atoms with Crippen molar-refractivity contribution in [3.63, 3.8) is 0 Å². The van der Waals surface area contributed by atoms with Crippen molar-refractivity contribution in [2.24, 2.45) is 0 Å². The fourth-order valence-electron chi connectivity index (χ4n) is 0. The third-order valence-corrected chi connectivity index (χ3v) is 0. The standard InChI is InChI=1S/Mo.4H3O4P.H2O.3Zn/c;4*1-5(2,3)4;;;;/h;4*(H3,1,2,3,4);1H2;;;/q+6;;;;;;3*+2/p-12. The predicted molar refractivity (Wildman–Crippen MR) is 34.0 cm³/mol. The van der Waals surface area contributed by atoms with Gasteiger partial charge in [0.1, 0.15) is 0 Å². The quantitative estimate of drug-likeness (QED) is 0.168. The number of hydrogen-bond acceptors (Lipinski definition) is 16. The van der Waals surface area contributed by atoms with Gasteiger partial charge in [0, 0.05) is 0 Å². The van der Waals surface area contributed by atoms with Crippen LogP contribution in [0.1, 0.15) is 0 Å².